The monoisotopic (exact) mass is 647 g/mol. The van der Waals surface area contributed by atoms with Gasteiger partial charge in [-0.1, -0.05) is 0 Å². The number of aromatic nitrogens is 2. The normalized spacial score (nSPS) is 12.1. The number of carbonyl (C=O) groups excluding carboxylic acids is 2. The molecule has 0 saturated carbocycles. The van der Waals surface area contributed by atoms with Crippen LogP contribution in [0.3, 0.4) is 0 Å². The van der Waals surface area contributed by atoms with Gasteiger partial charge in [0.2, 0.25) is 10.4 Å². The molecule has 4 aromatic rings. The third-order valence-corrected chi connectivity index (χ3v) is 6.83. The summed E-state index contributed by atoms with van der Waals surface area (Å²) in [4.78, 5) is 31.9. The summed E-state index contributed by atoms with van der Waals surface area (Å²) in [7, 11) is 8.89. The van der Waals surface area contributed by atoms with Gasteiger partial charge in [-0.05, 0) is 50.2 Å². The van der Waals surface area contributed by atoms with Crippen LogP contribution in [0.15, 0.2) is 36.4 Å². The van der Waals surface area contributed by atoms with E-state index in [0.29, 0.717) is 58.2 Å². The number of benzene rings is 2. The zero-order valence-electron chi connectivity index (χ0n) is 27.3. The molecule has 4 rings (SSSR count). The van der Waals surface area contributed by atoms with E-state index < -0.39 is 10.4 Å². The van der Waals surface area contributed by atoms with Crippen molar-refractivity contribution in [3.05, 3.63) is 58.9 Å². The van der Waals surface area contributed by atoms with E-state index in [4.69, 9.17) is 14.2 Å². The lowest BCUT2D eigenvalue weighted by Crippen LogP contribution is -2.34. The Morgan fingerprint density at radius 2 is 1.09 bits per heavy atom. The second-order valence-corrected chi connectivity index (χ2v) is 13.5. The van der Waals surface area contributed by atoms with Gasteiger partial charge in [-0.15, -0.1) is 0 Å². The SMILES string of the molecule is CCOC(=O)c1[nH]c2ccc(Oc3ccc4[nH]c(C(=O)OCC)c(C[N+](C)(C)C)c4c3)cc2c1C[N+](C)(C)C.COS(=O)(=O)[O-]. The Labute approximate surface area is 263 Å². The first-order valence-corrected chi connectivity index (χ1v) is 15.6. The van der Waals surface area contributed by atoms with Crippen molar-refractivity contribution in [3.8, 4) is 11.5 Å². The van der Waals surface area contributed by atoms with Gasteiger partial charge in [0, 0.05) is 32.9 Å². The minimum absolute atomic E-state index is 0.308. The summed E-state index contributed by atoms with van der Waals surface area (Å²) in [5, 5.41) is 1.84. The predicted octanol–water partition coefficient (Wildman–Crippen LogP) is 4.30. The number of esters is 2. The summed E-state index contributed by atoms with van der Waals surface area (Å²) in [6, 6.07) is 11.5. The van der Waals surface area contributed by atoms with Crippen molar-refractivity contribution in [2.45, 2.75) is 26.9 Å². The Morgan fingerprint density at radius 3 is 1.38 bits per heavy atom. The molecule has 2 N–H and O–H groups in total. The first-order chi connectivity index (χ1) is 20.9. The smallest absolute Gasteiger partial charge is 0.355 e. The zero-order chi connectivity index (χ0) is 33.7. The van der Waals surface area contributed by atoms with E-state index in [2.05, 4.69) is 56.4 Å². The second kappa shape index (κ2) is 14.0. The van der Waals surface area contributed by atoms with Gasteiger partial charge in [0.1, 0.15) is 36.0 Å². The number of nitrogens with one attached hydrogen (secondary N) is 2. The van der Waals surface area contributed by atoms with E-state index in [1.54, 1.807) is 13.8 Å². The molecule has 0 amide bonds. The number of aromatic amines is 2. The maximum atomic E-state index is 12.7. The molecule has 2 aromatic carbocycles. The molecule has 0 aliphatic heterocycles. The maximum Gasteiger partial charge on any atom is 0.355 e. The van der Waals surface area contributed by atoms with E-state index in [-0.39, 0.29) is 11.9 Å². The molecule has 0 aliphatic rings. The van der Waals surface area contributed by atoms with Crippen LogP contribution in [0.25, 0.3) is 21.8 Å². The fourth-order valence-corrected chi connectivity index (χ4v) is 4.75. The predicted molar refractivity (Wildman–Crippen MR) is 169 cm³/mol. The van der Waals surface area contributed by atoms with Crippen LogP contribution < -0.4 is 4.74 Å². The van der Waals surface area contributed by atoms with Crippen LogP contribution in [-0.2, 0) is 37.1 Å². The van der Waals surface area contributed by atoms with Gasteiger partial charge < -0.3 is 37.7 Å². The minimum Gasteiger partial charge on any atom is -0.726 e. The molecular formula is C31H43N4O9S+. The Bertz CT molecular complexity index is 1660. The molecule has 0 radical (unpaired) electrons. The first-order valence-electron chi connectivity index (χ1n) is 14.3. The first kappa shape index (κ1) is 35.5. The topological polar surface area (TPSA) is 160 Å². The molecule has 0 bridgehead atoms. The largest absolute Gasteiger partial charge is 0.726 e. The van der Waals surface area contributed by atoms with Crippen LogP contribution in [0.2, 0.25) is 0 Å². The number of rotatable bonds is 11. The van der Waals surface area contributed by atoms with Crippen LogP contribution in [0.4, 0.5) is 0 Å². The Balaban J connectivity index is 0.000000838. The number of H-pyrrole nitrogens is 2. The zero-order valence-corrected chi connectivity index (χ0v) is 28.1. The Kier molecular flexibility index (Phi) is 11.1. The maximum absolute atomic E-state index is 12.7. The lowest BCUT2D eigenvalue weighted by Gasteiger charge is -2.24. The molecule has 0 unspecified atom stereocenters. The number of ether oxygens (including phenoxy) is 3. The van der Waals surface area contributed by atoms with Crippen molar-refractivity contribution >= 4 is 44.1 Å². The molecular weight excluding hydrogens is 604 g/mol. The molecule has 2 heterocycles. The summed E-state index contributed by atoms with van der Waals surface area (Å²) < 4.78 is 49.3. The molecule has 45 heavy (non-hydrogen) atoms. The standard InChI is InChI=1S/C30H38N4O5.CH4O4S/c1-9-37-29(35)27-23(17-33(3,4)5)21-15-19(11-13-25(21)31-27)39-20-12-14-26-22(16-20)24(18-34(6,7)8)28(32-26)30(36)38-10-2;1-5-6(2,3)4/h11-16H,9-10,17-18H2,1-8H3;1H3,(H,2,3,4)/p+1. The van der Waals surface area contributed by atoms with Gasteiger partial charge in [0.25, 0.3) is 0 Å². The van der Waals surface area contributed by atoms with E-state index in [9.17, 15) is 22.6 Å². The molecule has 246 valence electrons. The van der Waals surface area contributed by atoms with Crippen molar-refractivity contribution < 1.29 is 49.9 Å². The quantitative estimate of drug-likeness (QED) is 0.105. The van der Waals surface area contributed by atoms with E-state index >= 15 is 0 Å². The molecule has 0 fully saturated rings. The van der Waals surface area contributed by atoms with Gasteiger partial charge in [-0.3, -0.25) is 4.18 Å². The van der Waals surface area contributed by atoms with Crippen molar-refractivity contribution in [2.75, 3.05) is 62.6 Å². The Morgan fingerprint density at radius 1 is 0.733 bits per heavy atom. The molecule has 14 heteroatoms. The summed E-state index contributed by atoms with van der Waals surface area (Å²) in [6.07, 6.45) is 0. The summed E-state index contributed by atoms with van der Waals surface area (Å²) in [5.41, 5.74) is 4.43. The average Bonchev–Trinajstić information content (AvgIpc) is 3.45. The molecule has 13 nitrogen and oxygen atoms in total. The number of carbonyl (C=O) groups is 2. The lowest BCUT2D eigenvalue weighted by atomic mass is 10.1. The second-order valence-electron chi connectivity index (χ2n) is 12.4. The number of quaternary nitrogens is 2. The minimum atomic E-state index is -4.41. The fraction of sp³-hybridized carbons (Fsp3) is 0.419. The lowest BCUT2D eigenvalue weighted by molar-refractivity contribution is -0.883. The number of nitrogens with zero attached hydrogens (tertiary/aromatic N) is 2. The van der Waals surface area contributed by atoms with E-state index in [1.165, 1.54) is 0 Å². The molecule has 2 aromatic heterocycles. The highest BCUT2D eigenvalue weighted by molar-refractivity contribution is 7.80. The van der Waals surface area contributed by atoms with Gasteiger partial charge in [0.05, 0.1) is 62.6 Å². The van der Waals surface area contributed by atoms with Crippen molar-refractivity contribution in [3.63, 3.8) is 0 Å². The highest BCUT2D eigenvalue weighted by Crippen LogP contribution is 2.34. The number of hydrogen-bond donors (Lipinski definition) is 2. The van der Waals surface area contributed by atoms with Crippen LogP contribution >= 0.6 is 0 Å². The highest BCUT2D eigenvalue weighted by Gasteiger charge is 2.25. The van der Waals surface area contributed by atoms with Crippen LogP contribution in [-0.4, -0.2) is 106 Å². The van der Waals surface area contributed by atoms with Crippen LogP contribution in [0, 0.1) is 0 Å². The third-order valence-electron chi connectivity index (χ3n) is 6.42. The van der Waals surface area contributed by atoms with Crippen molar-refractivity contribution in [1.82, 2.24) is 9.97 Å². The molecule has 0 saturated heterocycles. The highest BCUT2D eigenvalue weighted by atomic mass is 32.3. The number of fused-ring (bicyclic) bond motifs is 2. The average molecular weight is 648 g/mol. The fourth-order valence-electron chi connectivity index (χ4n) is 4.75. The van der Waals surface area contributed by atoms with Gasteiger partial charge in [-0.2, -0.15) is 0 Å². The van der Waals surface area contributed by atoms with Crippen molar-refractivity contribution in [2.24, 2.45) is 0 Å². The summed E-state index contributed by atoms with van der Waals surface area (Å²) in [5.74, 6) is 0.570. The summed E-state index contributed by atoms with van der Waals surface area (Å²) in [6.45, 7) is 5.49. The van der Waals surface area contributed by atoms with Gasteiger partial charge in [-0.25, -0.2) is 18.0 Å². The number of hydrogen-bond acceptors (Lipinski definition) is 9. The molecule has 0 atom stereocenters. The third kappa shape index (κ3) is 9.77. The Hall–Kier alpha value is -3.95. The summed E-state index contributed by atoms with van der Waals surface area (Å²) >= 11 is 0. The van der Waals surface area contributed by atoms with E-state index in [1.807, 2.05) is 36.4 Å². The molecule has 0 aliphatic carbocycles. The van der Waals surface area contributed by atoms with Crippen LogP contribution in [0.5, 0.6) is 11.5 Å². The van der Waals surface area contributed by atoms with Gasteiger partial charge in [0.15, 0.2) is 0 Å². The van der Waals surface area contributed by atoms with Gasteiger partial charge >= 0.3 is 11.9 Å². The van der Waals surface area contributed by atoms with E-state index in [0.717, 1.165) is 40.0 Å². The van der Waals surface area contributed by atoms with Crippen molar-refractivity contribution in [1.29, 1.82) is 0 Å². The molecule has 0 spiro atoms. The van der Waals surface area contributed by atoms with Crippen LogP contribution in [0.1, 0.15) is 46.0 Å².